The molecule has 11 nitrogen and oxygen atoms in total. The standard InChI is InChI=1S/C25H31N5O6/c31-21-4-3-20(23(34)26-21)30-24(35)18-2-1-17(13-19(18)25(30)36)29-11-9-28(10-12-29)14-16-5-7-27(8-6-16)15-22(32)33/h1-2,13,16,20H,3-12,14-15H2,(H,32,33)(H,26,31,34). The van der Waals surface area contributed by atoms with Crippen molar-refractivity contribution in [2.45, 2.75) is 31.7 Å². The molecule has 1 aromatic rings. The summed E-state index contributed by atoms with van der Waals surface area (Å²) in [6.45, 7) is 6.16. The maximum atomic E-state index is 13.1. The van der Waals surface area contributed by atoms with E-state index >= 15 is 0 Å². The predicted octanol–water partition coefficient (Wildman–Crippen LogP) is 0.00640. The Kier molecular flexibility index (Phi) is 6.76. The topological polar surface area (TPSA) is 131 Å². The van der Waals surface area contributed by atoms with E-state index in [1.807, 2.05) is 11.0 Å². The van der Waals surface area contributed by atoms with Crippen molar-refractivity contribution < 1.29 is 29.1 Å². The minimum Gasteiger partial charge on any atom is -0.480 e. The summed E-state index contributed by atoms with van der Waals surface area (Å²) >= 11 is 0. The number of piperidine rings is 2. The highest BCUT2D eigenvalue weighted by Gasteiger charge is 2.44. The van der Waals surface area contributed by atoms with E-state index in [-0.39, 0.29) is 19.4 Å². The Balaban J connectivity index is 1.17. The van der Waals surface area contributed by atoms with Crippen LogP contribution in [0, 0.1) is 5.92 Å². The Morgan fingerprint density at radius 3 is 2.25 bits per heavy atom. The minimum absolute atomic E-state index is 0.0980. The highest BCUT2D eigenvalue weighted by Crippen LogP contribution is 2.31. The molecule has 5 rings (SSSR count). The van der Waals surface area contributed by atoms with Gasteiger partial charge in [-0.2, -0.15) is 0 Å². The second-order valence-electron chi connectivity index (χ2n) is 10.1. The SMILES string of the molecule is O=C(O)CN1CCC(CN2CCN(c3ccc4c(c3)C(=O)N(C3CCC(=O)NC3=O)C4=O)CC2)CC1. The summed E-state index contributed by atoms with van der Waals surface area (Å²) in [5, 5.41) is 11.2. The van der Waals surface area contributed by atoms with Crippen LogP contribution in [0.3, 0.4) is 0 Å². The number of aliphatic carboxylic acids is 1. The van der Waals surface area contributed by atoms with Gasteiger partial charge in [-0.3, -0.25) is 44.0 Å². The lowest BCUT2D eigenvalue weighted by molar-refractivity contribution is -0.139. The fourth-order valence-electron chi connectivity index (χ4n) is 5.73. The quantitative estimate of drug-likeness (QED) is 0.522. The molecule has 4 heterocycles. The van der Waals surface area contributed by atoms with Crippen LogP contribution in [-0.4, -0.2) is 108 Å². The number of benzene rings is 1. The lowest BCUT2D eigenvalue weighted by Gasteiger charge is -2.39. The van der Waals surface area contributed by atoms with E-state index in [1.165, 1.54) is 0 Å². The van der Waals surface area contributed by atoms with Gasteiger partial charge < -0.3 is 10.0 Å². The molecule has 2 N–H and O–H groups in total. The van der Waals surface area contributed by atoms with Gasteiger partial charge in [-0.1, -0.05) is 0 Å². The molecule has 0 saturated carbocycles. The number of likely N-dealkylation sites (tertiary alicyclic amines) is 1. The van der Waals surface area contributed by atoms with Gasteiger partial charge in [0.25, 0.3) is 11.8 Å². The Morgan fingerprint density at radius 1 is 0.889 bits per heavy atom. The third kappa shape index (κ3) is 4.85. The molecule has 0 bridgehead atoms. The van der Waals surface area contributed by atoms with Crippen molar-refractivity contribution in [1.29, 1.82) is 0 Å². The van der Waals surface area contributed by atoms with Crippen molar-refractivity contribution >= 4 is 35.3 Å². The van der Waals surface area contributed by atoms with E-state index in [9.17, 15) is 24.0 Å². The van der Waals surface area contributed by atoms with Gasteiger partial charge in [-0.05, 0) is 56.5 Å². The normalized spacial score (nSPS) is 24.3. The van der Waals surface area contributed by atoms with Gasteiger partial charge in [-0.15, -0.1) is 0 Å². The number of hydrogen-bond donors (Lipinski definition) is 2. The summed E-state index contributed by atoms with van der Waals surface area (Å²) in [5.74, 6) is -2.17. The van der Waals surface area contributed by atoms with E-state index in [4.69, 9.17) is 5.11 Å². The van der Waals surface area contributed by atoms with Gasteiger partial charge in [0.2, 0.25) is 11.8 Å². The molecule has 3 saturated heterocycles. The number of anilines is 1. The van der Waals surface area contributed by atoms with Crippen molar-refractivity contribution in [2.24, 2.45) is 5.92 Å². The Labute approximate surface area is 209 Å². The van der Waals surface area contributed by atoms with Crippen molar-refractivity contribution in [1.82, 2.24) is 20.0 Å². The van der Waals surface area contributed by atoms with Crippen LogP contribution in [-0.2, 0) is 14.4 Å². The number of carboxylic acids is 1. The first-order chi connectivity index (χ1) is 17.3. The summed E-state index contributed by atoms with van der Waals surface area (Å²) in [6, 6.07) is 4.30. The molecule has 0 spiro atoms. The third-order valence-corrected chi connectivity index (χ3v) is 7.74. The van der Waals surface area contributed by atoms with E-state index < -0.39 is 35.6 Å². The smallest absolute Gasteiger partial charge is 0.317 e. The monoisotopic (exact) mass is 497 g/mol. The van der Waals surface area contributed by atoms with Gasteiger partial charge in [0.1, 0.15) is 6.04 Å². The number of amides is 4. The van der Waals surface area contributed by atoms with E-state index in [0.717, 1.165) is 69.2 Å². The molecule has 0 radical (unpaired) electrons. The molecule has 1 aromatic carbocycles. The first kappa shape index (κ1) is 24.4. The van der Waals surface area contributed by atoms with Crippen LogP contribution < -0.4 is 10.2 Å². The molecule has 3 fully saturated rings. The van der Waals surface area contributed by atoms with Gasteiger partial charge in [0, 0.05) is 44.8 Å². The lowest BCUT2D eigenvalue weighted by Crippen LogP contribution is -2.54. The van der Waals surface area contributed by atoms with Crippen LogP contribution in [0.5, 0.6) is 0 Å². The van der Waals surface area contributed by atoms with Crippen LogP contribution in [0.1, 0.15) is 46.4 Å². The maximum Gasteiger partial charge on any atom is 0.317 e. The molecule has 4 aliphatic rings. The van der Waals surface area contributed by atoms with Gasteiger partial charge in [0.15, 0.2) is 0 Å². The number of nitrogens with one attached hydrogen (secondary N) is 1. The molecule has 0 aliphatic carbocycles. The van der Waals surface area contributed by atoms with Crippen LogP contribution >= 0.6 is 0 Å². The summed E-state index contributed by atoms with van der Waals surface area (Å²) in [7, 11) is 0. The molecule has 36 heavy (non-hydrogen) atoms. The number of rotatable bonds is 6. The fraction of sp³-hybridized carbons (Fsp3) is 0.560. The second-order valence-corrected chi connectivity index (χ2v) is 10.1. The van der Waals surface area contributed by atoms with Crippen molar-refractivity contribution in [2.75, 3.05) is 57.3 Å². The number of piperazine rings is 1. The molecular weight excluding hydrogens is 466 g/mol. The number of carboxylic acid groups (broad SMARTS) is 1. The van der Waals surface area contributed by atoms with E-state index in [2.05, 4.69) is 15.1 Å². The Bertz CT molecular complexity index is 1090. The Morgan fingerprint density at radius 2 is 1.58 bits per heavy atom. The summed E-state index contributed by atoms with van der Waals surface area (Å²) in [6.07, 6.45) is 2.26. The number of nitrogens with zero attached hydrogens (tertiary/aromatic N) is 4. The van der Waals surface area contributed by atoms with Gasteiger partial charge >= 0.3 is 5.97 Å². The van der Waals surface area contributed by atoms with Crippen molar-refractivity contribution in [3.05, 3.63) is 29.3 Å². The van der Waals surface area contributed by atoms with E-state index in [0.29, 0.717) is 17.0 Å². The third-order valence-electron chi connectivity index (χ3n) is 7.74. The number of imide groups is 2. The molecule has 1 atom stereocenters. The van der Waals surface area contributed by atoms with Crippen LogP contribution in [0.25, 0.3) is 0 Å². The van der Waals surface area contributed by atoms with E-state index in [1.54, 1.807) is 12.1 Å². The average molecular weight is 498 g/mol. The first-order valence-corrected chi connectivity index (χ1v) is 12.6. The highest BCUT2D eigenvalue weighted by molar-refractivity contribution is 6.23. The number of carbonyl (C=O) groups is 5. The molecule has 0 aromatic heterocycles. The summed E-state index contributed by atoms with van der Waals surface area (Å²) in [5.41, 5.74) is 1.47. The predicted molar refractivity (Wildman–Crippen MR) is 129 cm³/mol. The second kappa shape index (κ2) is 9.98. The number of hydrogen-bond acceptors (Lipinski definition) is 8. The Hall–Kier alpha value is -3.31. The fourth-order valence-corrected chi connectivity index (χ4v) is 5.73. The molecule has 4 amide bonds. The van der Waals surface area contributed by atoms with Crippen molar-refractivity contribution in [3.63, 3.8) is 0 Å². The zero-order valence-corrected chi connectivity index (χ0v) is 20.1. The molecule has 1 unspecified atom stereocenters. The first-order valence-electron chi connectivity index (χ1n) is 12.6. The largest absolute Gasteiger partial charge is 0.480 e. The number of fused-ring (bicyclic) bond motifs is 1. The zero-order chi connectivity index (χ0) is 25.4. The summed E-state index contributed by atoms with van der Waals surface area (Å²) in [4.78, 5) is 68.3. The average Bonchev–Trinajstić information content (AvgIpc) is 3.10. The molecule has 11 heteroatoms. The number of carbonyl (C=O) groups excluding carboxylic acids is 4. The zero-order valence-electron chi connectivity index (χ0n) is 20.1. The lowest BCUT2D eigenvalue weighted by atomic mass is 9.96. The maximum absolute atomic E-state index is 13.1. The van der Waals surface area contributed by atoms with Crippen LogP contribution in [0.4, 0.5) is 5.69 Å². The highest BCUT2D eigenvalue weighted by atomic mass is 16.4. The molecule has 4 aliphatic heterocycles. The van der Waals surface area contributed by atoms with Gasteiger partial charge in [-0.25, -0.2) is 0 Å². The summed E-state index contributed by atoms with van der Waals surface area (Å²) < 4.78 is 0. The van der Waals surface area contributed by atoms with Crippen LogP contribution in [0.15, 0.2) is 18.2 Å². The minimum atomic E-state index is -0.960. The van der Waals surface area contributed by atoms with Crippen molar-refractivity contribution in [3.8, 4) is 0 Å². The molecular formula is C25H31N5O6. The van der Waals surface area contributed by atoms with Gasteiger partial charge in [0.05, 0.1) is 17.7 Å². The molecule has 192 valence electrons. The van der Waals surface area contributed by atoms with Crippen LogP contribution in [0.2, 0.25) is 0 Å².